The highest BCUT2D eigenvalue weighted by Crippen LogP contribution is 2.30. The summed E-state index contributed by atoms with van der Waals surface area (Å²) in [6.45, 7) is 4.58. The number of methoxy groups -OCH3 is 1. The maximum Gasteiger partial charge on any atom is 0.308 e. The number of rotatable bonds is 9. The van der Waals surface area contributed by atoms with Crippen molar-refractivity contribution in [3.8, 4) is 0 Å². The third-order valence-corrected chi connectivity index (χ3v) is 5.13. The molecule has 0 amide bonds. The lowest BCUT2D eigenvalue weighted by Crippen LogP contribution is -2.55. The minimum atomic E-state index is -1.92. The van der Waals surface area contributed by atoms with Crippen molar-refractivity contribution < 1.29 is 44.6 Å². The molecular weight excluding hydrogens is 384 g/mol. The molecule has 0 aromatic carbocycles. The molecule has 1 aliphatic rings. The number of carbonyl (C=O) groups excluding carboxylic acids is 2. The van der Waals surface area contributed by atoms with Gasteiger partial charge in [-0.05, 0) is 6.42 Å². The smallest absolute Gasteiger partial charge is 0.308 e. The van der Waals surface area contributed by atoms with Gasteiger partial charge in [0, 0.05) is 24.4 Å². The number of hydrogen-bond acceptors (Lipinski definition) is 9. The van der Waals surface area contributed by atoms with Gasteiger partial charge in [0.15, 0.2) is 5.78 Å². The van der Waals surface area contributed by atoms with Crippen LogP contribution in [0.15, 0.2) is 12.2 Å². The molecule has 1 rings (SSSR count). The first kappa shape index (κ1) is 25.7. The van der Waals surface area contributed by atoms with Gasteiger partial charge in [-0.25, -0.2) is 0 Å². The Labute approximate surface area is 170 Å². The van der Waals surface area contributed by atoms with E-state index in [1.54, 1.807) is 20.8 Å². The molecule has 9 nitrogen and oxygen atoms in total. The molecule has 168 valence electrons. The van der Waals surface area contributed by atoms with Gasteiger partial charge < -0.3 is 35.0 Å². The predicted molar refractivity (Wildman–Crippen MR) is 103 cm³/mol. The lowest BCUT2D eigenvalue weighted by atomic mass is 9.77. The highest BCUT2D eigenvalue weighted by molar-refractivity contribution is 5.94. The van der Waals surface area contributed by atoms with Gasteiger partial charge in [0.05, 0.1) is 32.3 Å². The van der Waals surface area contributed by atoms with Crippen LogP contribution >= 0.6 is 0 Å². The summed E-state index contributed by atoms with van der Waals surface area (Å²) in [5.74, 6) is -1.81. The van der Waals surface area contributed by atoms with E-state index in [0.717, 1.165) is 0 Å². The van der Waals surface area contributed by atoms with E-state index >= 15 is 0 Å². The standard InChI is InChI=1S/C20H34O9/c1-19(2,3)18(26)20(27,10-14(22)28-4)7-5-6-8-29-13-9-12(11-21)15(23)17(25)16(13)24/h5-6,12-13,15-17,21,23-25,27H,7-11H2,1-4H3/b6-5+. The number of ketones is 1. The number of Topliss-reactive ketones (excluding diaryl/α,β-unsaturated/α-hetero) is 1. The Hall–Kier alpha value is -1.36. The van der Waals surface area contributed by atoms with E-state index in [2.05, 4.69) is 4.74 Å². The van der Waals surface area contributed by atoms with Crippen LogP contribution in [0.5, 0.6) is 0 Å². The summed E-state index contributed by atoms with van der Waals surface area (Å²) >= 11 is 0. The second-order valence-electron chi connectivity index (χ2n) is 8.56. The Morgan fingerprint density at radius 2 is 1.69 bits per heavy atom. The zero-order valence-corrected chi connectivity index (χ0v) is 17.4. The zero-order valence-electron chi connectivity index (χ0n) is 17.4. The Bertz CT molecular complexity index is 581. The fraction of sp³-hybridized carbons (Fsp3) is 0.800. The molecular formula is C20H34O9. The van der Waals surface area contributed by atoms with Gasteiger partial charge >= 0.3 is 5.97 Å². The number of ether oxygens (including phenoxy) is 2. The van der Waals surface area contributed by atoms with E-state index in [0.29, 0.717) is 0 Å². The maximum atomic E-state index is 12.6. The summed E-state index contributed by atoms with van der Waals surface area (Å²) in [6, 6.07) is 0. The molecule has 0 saturated heterocycles. The zero-order chi connectivity index (χ0) is 22.4. The van der Waals surface area contributed by atoms with E-state index in [-0.39, 0.29) is 26.1 Å². The van der Waals surface area contributed by atoms with Gasteiger partial charge in [0.1, 0.15) is 17.8 Å². The first-order valence-electron chi connectivity index (χ1n) is 9.63. The molecule has 6 unspecified atom stereocenters. The molecule has 9 heteroatoms. The van der Waals surface area contributed by atoms with Crippen molar-refractivity contribution in [2.75, 3.05) is 20.3 Å². The fourth-order valence-electron chi connectivity index (χ4n) is 3.41. The van der Waals surface area contributed by atoms with Crippen LogP contribution in [0.1, 0.15) is 40.0 Å². The Morgan fingerprint density at radius 1 is 1.07 bits per heavy atom. The highest BCUT2D eigenvalue weighted by Gasteiger charge is 2.44. The van der Waals surface area contributed by atoms with Crippen LogP contribution in [-0.2, 0) is 19.1 Å². The summed E-state index contributed by atoms with van der Waals surface area (Å²) in [5.41, 5.74) is -2.79. The molecule has 0 heterocycles. The van der Waals surface area contributed by atoms with Crippen LogP contribution in [0.3, 0.4) is 0 Å². The van der Waals surface area contributed by atoms with E-state index in [1.165, 1.54) is 19.3 Å². The molecule has 1 saturated carbocycles. The van der Waals surface area contributed by atoms with Gasteiger partial charge in [-0.3, -0.25) is 9.59 Å². The number of hydrogen-bond donors (Lipinski definition) is 5. The second kappa shape index (κ2) is 10.6. The van der Waals surface area contributed by atoms with E-state index in [4.69, 9.17) is 4.74 Å². The average molecular weight is 418 g/mol. The molecule has 0 aromatic rings. The summed E-state index contributed by atoms with van der Waals surface area (Å²) in [7, 11) is 1.18. The van der Waals surface area contributed by atoms with E-state index < -0.39 is 59.5 Å². The average Bonchev–Trinajstić information content (AvgIpc) is 2.66. The van der Waals surface area contributed by atoms with Crippen molar-refractivity contribution in [1.29, 1.82) is 0 Å². The van der Waals surface area contributed by atoms with Crippen molar-refractivity contribution in [3.63, 3.8) is 0 Å². The minimum Gasteiger partial charge on any atom is -0.469 e. The van der Waals surface area contributed by atoms with Crippen molar-refractivity contribution in [1.82, 2.24) is 0 Å². The molecule has 5 N–H and O–H groups in total. The van der Waals surface area contributed by atoms with E-state index in [9.17, 15) is 35.1 Å². The number of aliphatic hydroxyl groups is 5. The number of aliphatic hydroxyl groups excluding tert-OH is 4. The van der Waals surface area contributed by atoms with Gasteiger partial charge in [0.25, 0.3) is 0 Å². The summed E-state index contributed by atoms with van der Waals surface area (Å²) in [6.07, 6.45) is -2.18. The van der Waals surface area contributed by atoms with Gasteiger partial charge in [0.2, 0.25) is 0 Å². The Kier molecular flexibility index (Phi) is 9.39. The van der Waals surface area contributed by atoms with Crippen LogP contribution in [0.25, 0.3) is 0 Å². The molecule has 0 radical (unpaired) electrons. The second-order valence-corrected chi connectivity index (χ2v) is 8.56. The lowest BCUT2D eigenvalue weighted by molar-refractivity contribution is -0.175. The van der Waals surface area contributed by atoms with Gasteiger partial charge in [-0.15, -0.1) is 0 Å². The molecule has 0 aromatic heterocycles. The largest absolute Gasteiger partial charge is 0.469 e. The molecule has 0 bridgehead atoms. The molecule has 1 aliphatic carbocycles. The van der Waals surface area contributed by atoms with Crippen molar-refractivity contribution in [2.24, 2.45) is 11.3 Å². The van der Waals surface area contributed by atoms with Crippen molar-refractivity contribution in [3.05, 3.63) is 12.2 Å². The molecule has 6 atom stereocenters. The number of esters is 1. The van der Waals surface area contributed by atoms with Crippen LogP contribution in [0.4, 0.5) is 0 Å². The summed E-state index contributed by atoms with van der Waals surface area (Å²) in [4.78, 5) is 24.2. The first-order chi connectivity index (χ1) is 13.4. The minimum absolute atomic E-state index is 0.000697. The molecule has 1 fully saturated rings. The summed E-state index contributed by atoms with van der Waals surface area (Å²) < 4.78 is 10.1. The van der Waals surface area contributed by atoms with Gasteiger partial charge in [-0.1, -0.05) is 32.9 Å². The van der Waals surface area contributed by atoms with Crippen molar-refractivity contribution in [2.45, 2.75) is 70.1 Å². The highest BCUT2D eigenvalue weighted by atomic mass is 16.5. The van der Waals surface area contributed by atoms with E-state index in [1.807, 2.05) is 0 Å². The van der Waals surface area contributed by atoms with Crippen LogP contribution < -0.4 is 0 Å². The summed E-state index contributed by atoms with van der Waals surface area (Å²) in [5, 5.41) is 49.7. The SMILES string of the molecule is COC(=O)CC(O)(C/C=C/COC1CC(CO)C(O)C(O)C1O)C(=O)C(C)(C)C. The van der Waals surface area contributed by atoms with Crippen molar-refractivity contribution >= 4 is 11.8 Å². The topological polar surface area (TPSA) is 154 Å². The van der Waals surface area contributed by atoms with Gasteiger partial charge in [-0.2, -0.15) is 0 Å². The number of carbonyl (C=O) groups is 2. The predicted octanol–water partition coefficient (Wildman–Crippen LogP) is -0.678. The van der Waals surface area contributed by atoms with Crippen LogP contribution in [0.2, 0.25) is 0 Å². The van der Waals surface area contributed by atoms with Crippen LogP contribution in [0, 0.1) is 11.3 Å². The normalized spacial score (nSPS) is 30.2. The maximum absolute atomic E-state index is 12.6. The monoisotopic (exact) mass is 418 g/mol. The Morgan fingerprint density at radius 3 is 2.21 bits per heavy atom. The quantitative estimate of drug-likeness (QED) is 0.242. The Balaban J connectivity index is 2.71. The first-order valence-corrected chi connectivity index (χ1v) is 9.63. The lowest BCUT2D eigenvalue weighted by Gasteiger charge is -2.39. The van der Waals surface area contributed by atoms with Crippen LogP contribution in [-0.4, -0.2) is 87.6 Å². The molecule has 0 aliphatic heterocycles. The molecule has 0 spiro atoms. The fourth-order valence-corrected chi connectivity index (χ4v) is 3.41. The third-order valence-electron chi connectivity index (χ3n) is 5.13. The molecule has 29 heavy (non-hydrogen) atoms. The third kappa shape index (κ3) is 6.84.